The van der Waals surface area contributed by atoms with Crippen LogP contribution in [0.2, 0.25) is 0 Å². The maximum atomic E-state index is 11.8. The number of hydrogen-bond donors (Lipinski definition) is 0. The normalized spacial score (nSPS) is 17.5. The minimum Gasteiger partial charge on any atom is -0.338 e. The lowest BCUT2D eigenvalue weighted by Crippen LogP contribution is -2.30. The predicted octanol–water partition coefficient (Wildman–Crippen LogP) is 7.19. The fourth-order valence-electron chi connectivity index (χ4n) is 5.16. The number of benzene rings is 2. The lowest BCUT2D eigenvalue weighted by molar-refractivity contribution is -0.125. The molecule has 35 heavy (non-hydrogen) atoms. The minimum absolute atomic E-state index is 0.0491. The molecule has 0 radical (unpaired) electrons. The van der Waals surface area contributed by atoms with Crippen LogP contribution in [0.15, 0.2) is 61.2 Å². The Balaban J connectivity index is 0.00000103. The number of nitrogens with zero attached hydrogens (tertiary/aromatic N) is 1. The second-order valence-corrected chi connectivity index (χ2v) is 10.7. The molecule has 1 saturated carbocycles. The molecule has 188 valence electrons. The van der Waals surface area contributed by atoms with Gasteiger partial charge >= 0.3 is 0 Å². The number of carbonyl (C=O) groups is 2. The van der Waals surface area contributed by atoms with Crippen LogP contribution in [0.1, 0.15) is 87.8 Å². The van der Waals surface area contributed by atoms with Crippen molar-refractivity contribution in [3.63, 3.8) is 0 Å². The van der Waals surface area contributed by atoms with E-state index in [1.54, 1.807) is 4.90 Å². The summed E-state index contributed by atoms with van der Waals surface area (Å²) in [6.07, 6.45) is 8.50. The summed E-state index contributed by atoms with van der Waals surface area (Å²) in [4.78, 5) is 21.5. The first-order valence-corrected chi connectivity index (χ1v) is 12.6. The van der Waals surface area contributed by atoms with Crippen LogP contribution in [0.4, 0.5) is 0 Å². The van der Waals surface area contributed by atoms with E-state index in [0.717, 1.165) is 5.56 Å². The summed E-state index contributed by atoms with van der Waals surface area (Å²) in [5.74, 6) is -0.0491. The van der Waals surface area contributed by atoms with Gasteiger partial charge in [-0.1, -0.05) is 96.7 Å². The summed E-state index contributed by atoms with van der Waals surface area (Å²) in [6.45, 7) is 21.7. The van der Waals surface area contributed by atoms with Crippen molar-refractivity contribution in [1.29, 1.82) is 0 Å². The van der Waals surface area contributed by atoms with E-state index < -0.39 is 0 Å². The van der Waals surface area contributed by atoms with Crippen LogP contribution in [0, 0.1) is 6.92 Å². The molecular weight excluding hydrogens is 430 g/mol. The maximum Gasteiger partial charge on any atom is 0.245 e. The standard InChI is InChI=1S/C29H35NO.C2H6.CH2O/c1-8-26(31)30(7)19-21-9-11-22(12-10-21)29(15-16-29)23-18-25-24(17-20(23)2)27(3,4)13-14-28(25,5)6;2*1-2/h8-14,17-18H,1,15-16,19H2,2-7H3;1-2H3;1H2. The summed E-state index contributed by atoms with van der Waals surface area (Å²) in [5.41, 5.74) is 8.59. The molecule has 4 rings (SSSR count). The molecule has 2 aromatic carbocycles. The molecule has 0 heterocycles. The summed E-state index contributed by atoms with van der Waals surface area (Å²) >= 11 is 0. The Labute approximate surface area is 212 Å². The van der Waals surface area contributed by atoms with Crippen molar-refractivity contribution < 1.29 is 9.59 Å². The first-order valence-electron chi connectivity index (χ1n) is 12.6. The Hall–Kier alpha value is -2.94. The number of amides is 1. The van der Waals surface area contributed by atoms with Crippen molar-refractivity contribution in [3.8, 4) is 0 Å². The zero-order valence-electron chi connectivity index (χ0n) is 23.0. The van der Waals surface area contributed by atoms with Crippen molar-refractivity contribution in [2.75, 3.05) is 7.05 Å². The molecule has 0 aliphatic heterocycles. The Morgan fingerprint density at radius 3 is 1.86 bits per heavy atom. The minimum atomic E-state index is -0.0491. The highest BCUT2D eigenvalue weighted by Crippen LogP contribution is 2.56. The van der Waals surface area contributed by atoms with Crippen molar-refractivity contribution >= 4 is 12.7 Å². The lowest BCUT2D eigenvalue weighted by Gasteiger charge is -2.38. The van der Waals surface area contributed by atoms with Crippen molar-refractivity contribution in [1.82, 2.24) is 4.90 Å². The first-order chi connectivity index (χ1) is 16.5. The number of carbonyl (C=O) groups excluding carboxylic acids is 2. The van der Waals surface area contributed by atoms with Crippen molar-refractivity contribution in [2.24, 2.45) is 0 Å². The van der Waals surface area contributed by atoms with Gasteiger partial charge in [0.1, 0.15) is 6.79 Å². The lowest BCUT2D eigenvalue weighted by atomic mass is 9.66. The van der Waals surface area contributed by atoms with E-state index >= 15 is 0 Å². The molecule has 2 aliphatic rings. The first kappa shape index (κ1) is 28.3. The Morgan fingerprint density at radius 2 is 1.40 bits per heavy atom. The number of fused-ring (bicyclic) bond motifs is 1. The molecule has 3 nitrogen and oxygen atoms in total. The monoisotopic (exact) mass is 473 g/mol. The number of allylic oxidation sites excluding steroid dienone is 2. The van der Waals surface area contributed by atoms with E-state index in [0.29, 0.717) is 6.54 Å². The van der Waals surface area contributed by atoms with Crippen LogP contribution in [0.3, 0.4) is 0 Å². The topological polar surface area (TPSA) is 37.4 Å². The van der Waals surface area contributed by atoms with Crippen LogP contribution in [0.5, 0.6) is 0 Å². The largest absolute Gasteiger partial charge is 0.338 e. The number of likely N-dealkylation sites (N-methyl/N-ethyl adjacent to an activating group) is 1. The van der Waals surface area contributed by atoms with Crippen LogP contribution in [-0.2, 0) is 32.4 Å². The highest BCUT2D eigenvalue weighted by Gasteiger charge is 2.47. The fourth-order valence-corrected chi connectivity index (χ4v) is 5.16. The van der Waals surface area contributed by atoms with Crippen LogP contribution in [0.25, 0.3) is 0 Å². The molecule has 0 spiro atoms. The van der Waals surface area contributed by atoms with E-state index in [9.17, 15) is 4.79 Å². The van der Waals surface area contributed by atoms with Crippen molar-refractivity contribution in [2.45, 2.75) is 84.1 Å². The molecule has 0 N–H and O–H groups in total. The Morgan fingerprint density at radius 1 is 0.914 bits per heavy atom. The van der Waals surface area contributed by atoms with Gasteiger partial charge in [-0.2, -0.15) is 0 Å². The van der Waals surface area contributed by atoms with E-state index in [2.05, 4.69) is 89.7 Å². The molecule has 2 aromatic rings. The van der Waals surface area contributed by atoms with Gasteiger partial charge in [0.05, 0.1) is 0 Å². The summed E-state index contributed by atoms with van der Waals surface area (Å²) in [5, 5.41) is 0. The Kier molecular flexibility index (Phi) is 8.70. The summed E-state index contributed by atoms with van der Waals surface area (Å²) < 4.78 is 0. The Bertz CT molecular complexity index is 1090. The SMILES string of the molecule is C=CC(=O)N(C)Cc1ccc(C2(c3cc4c(cc3C)C(C)(C)C=CC4(C)C)CC2)cc1.C=O.CC. The molecule has 0 aromatic heterocycles. The van der Waals surface area contributed by atoms with E-state index in [-0.39, 0.29) is 22.2 Å². The smallest absolute Gasteiger partial charge is 0.245 e. The molecule has 0 bridgehead atoms. The zero-order valence-corrected chi connectivity index (χ0v) is 23.0. The highest BCUT2D eigenvalue weighted by molar-refractivity contribution is 5.86. The number of aryl methyl sites for hydroxylation is 1. The molecule has 1 amide bonds. The molecular formula is C32H43NO2. The molecule has 0 saturated heterocycles. The fraction of sp³-hybridized carbons (Fsp3) is 0.438. The van der Waals surface area contributed by atoms with Gasteiger partial charge in [0.2, 0.25) is 5.91 Å². The third-order valence-electron chi connectivity index (χ3n) is 7.41. The number of hydrogen-bond acceptors (Lipinski definition) is 2. The summed E-state index contributed by atoms with van der Waals surface area (Å²) in [7, 11) is 1.81. The van der Waals surface area contributed by atoms with Gasteiger partial charge in [-0.05, 0) is 59.2 Å². The highest BCUT2D eigenvalue weighted by atomic mass is 16.2. The van der Waals surface area contributed by atoms with E-state index in [4.69, 9.17) is 4.79 Å². The van der Waals surface area contributed by atoms with Gasteiger partial charge in [-0.3, -0.25) is 4.79 Å². The van der Waals surface area contributed by atoms with Crippen LogP contribution < -0.4 is 0 Å². The van der Waals surface area contributed by atoms with Crippen LogP contribution >= 0.6 is 0 Å². The van der Waals surface area contributed by atoms with Gasteiger partial charge in [0.15, 0.2) is 0 Å². The van der Waals surface area contributed by atoms with Gasteiger partial charge in [0, 0.05) is 29.8 Å². The van der Waals surface area contributed by atoms with Crippen molar-refractivity contribution in [3.05, 3.63) is 94.6 Å². The molecule has 0 atom stereocenters. The van der Waals surface area contributed by atoms with Gasteiger partial charge in [-0.15, -0.1) is 0 Å². The van der Waals surface area contributed by atoms with E-state index in [1.807, 2.05) is 27.7 Å². The zero-order chi connectivity index (χ0) is 26.6. The molecule has 3 heteroatoms. The molecule has 0 unspecified atom stereocenters. The molecule has 2 aliphatic carbocycles. The van der Waals surface area contributed by atoms with E-state index in [1.165, 1.54) is 46.7 Å². The third-order valence-corrected chi connectivity index (χ3v) is 7.41. The predicted molar refractivity (Wildman–Crippen MR) is 148 cm³/mol. The van der Waals surface area contributed by atoms with Crippen LogP contribution in [-0.4, -0.2) is 24.6 Å². The van der Waals surface area contributed by atoms with Gasteiger partial charge in [-0.25, -0.2) is 0 Å². The maximum absolute atomic E-state index is 11.8. The third kappa shape index (κ3) is 5.50. The number of rotatable bonds is 5. The quantitative estimate of drug-likeness (QED) is 0.340. The molecule has 1 fully saturated rings. The van der Waals surface area contributed by atoms with Gasteiger partial charge < -0.3 is 9.69 Å². The average molecular weight is 474 g/mol. The second-order valence-electron chi connectivity index (χ2n) is 10.7. The average Bonchev–Trinajstić information content (AvgIpc) is 3.66. The van der Waals surface area contributed by atoms with Gasteiger partial charge in [0.25, 0.3) is 0 Å². The summed E-state index contributed by atoms with van der Waals surface area (Å²) in [6, 6.07) is 13.8. The second kappa shape index (κ2) is 10.8.